The number of rotatable bonds is 6. The van der Waals surface area contributed by atoms with Gasteiger partial charge in [-0.2, -0.15) is 0 Å². The van der Waals surface area contributed by atoms with Crippen molar-refractivity contribution in [1.82, 2.24) is 0 Å². The molecule has 0 aliphatic heterocycles. The highest BCUT2D eigenvalue weighted by atomic mass is 16.6. The lowest BCUT2D eigenvalue weighted by Crippen LogP contribution is -2.57. The molecular formula is C30H30O4. The summed E-state index contributed by atoms with van der Waals surface area (Å²) in [6, 6.07) is 27.8. The second-order valence-corrected chi connectivity index (χ2v) is 10.2. The minimum Gasteiger partial charge on any atom is -0.456 e. The van der Waals surface area contributed by atoms with Crippen LogP contribution in [0.3, 0.4) is 0 Å². The zero-order valence-electron chi connectivity index (χ0n) is 19.6. The summed E-state index contributed by atoms with van der Waals surface area (Å²) >= 11 is 0. The third kappa shape index (κ3) is 3.08. The van der Waals surface area contributed by atoms with Gasteiger partial charge in [0.15, 0.2) is 0 Å². The molecule has 3 aromatic carbocycles. The molecule has 4 nitrogen and oxygen atoms in total. The van der Waals surface area contributed by atoms with Gasteiger partial charge in [0, 0.05) is 11.0 Å². The molecule has 1 N–H and O–H groups in total. The van der Waals surface area contributed by atoms with Crippen LogP contribution in [0.1, 0.15) is 54.6 Å². The molecule has 2 bridgehead atoms. The van der Waals surface area contributed by atoms with Crippen LogP contribution in [0.2, 0.25) is 0 Å². The topological polar surface area (TPSA) is 63.6 Å². The number of Topliss-reactive ketones (excluding diaryl/α,β-unsaturated/α-hetero) is 1. The van der Waals surface area contributed by atoms with Crippen LogP contribution >= 0.6 is 0 Å². The quantitative estimate of drug-likeness (QED) is 0.302. The summed E-state index contributed by atoms with van der Waals surface area (Å²) in [7, 11) is 0. The molecule has 0 aromatic heterocycles. The molecule has 0 spiro atoms. The summed E-state index contributed by atoms with van der Waals surface area (Å²) < 4.78 is 6.04. The number of carbonyl (C=O) groups is 2. The molecule has 2 fully saturated rings. The minimum atomic E-state index is -1.40. The lowest BCUT2D eigenvalue weighted by atomic mass is 9.54. The fourth-order valence-corrected chi connectivity index (χ4v) is 6.86. The van der Waals surface area contributed by atoms with E-state index in [4.69, 9.17) is 4.74 Å². The van der Waals surface area contributed by atoms with Crippen LogP contribution in [0, 0.1) is 16.7 Å². The van der Waals surface area contributed by atoms with Crippen molar-refractivity contribution in [3.8, 4) is 0 Å². The van der Waals surface area contributed by atoms with Crippen molar-refractivity contribution < 1.29 is 19.4 Å². The molecule has 3 aromatic rings. The maximum absolute atomic E-state index is 13.1. The summed E-state index contributed by atoms with van der Waals surface area (Å²) in [5.74, 6) is -1.24. The van der Waals surface area contributed by atoms with Gasteiger partial charge in [-0.3, -0.25) is 4.79 Å². The Balaban J connectivity index is 1.62. The van der Waals surface area contributed by atoms with E-state index in [-0.39, 0.29) is 11.3 Å². The van der Waals surface area contributed by atoms with Crippen molar-refractivity contribution in [1.29, 1.82) is 0 Å². The first-order chi connectivity index (χ1) is 16.3. The molecule has 0 unspecified atom stereocenters. The number of aliphatic hydroxyl groups is 1. The summed E-state index contributed by atoms with van der Waals surface area (Å²) in [5.41, 5.74) is -0.663. The van der Waals surface area contributed by atoms with Gasteiger partial charge in [0.1, 0.15) is 11.7 Å². The maximum atomic E-state index is 13.1. The summed E-state index contributed by atoms with van der Waals surface area (Å²) in [4.78, 5) is 25.9. The Morgan fingerprint density at radius 3 is 1.85 bits per heavy atom. The Morgan fingerprint density at radius 1 is 0.853 bits per heavy atom. The highest BCUT2D eigenvalue weighted by Gasteiger charge is 2.74. The molecule has 5 rings (SSSR count). The van der Waals surface area contributed by atoms with E-state index in [0.717, 1.165) is 17.5 Å². The van der Waals surface area contributed by atoms with Crippen LogP contribution in [0.15, 0.2) is 91.0 Å². The van der Waals surface area contributed by atoms with E-state index in [1.54, 1.807) is 30.3 Å². The van der Waals surface area contributed by atoms with E-state index >= 15 is 0 Å². The highest BCUT2D eigenvalue weighted by Crippen LogP contribution is 2.73. The molecule has 0 amide bonds. The van der Waals surface area contributed by atoms with Gasteiger partial charge in [0.2, 0.25) is 0 Å². The first kappa shape index (κ1) is 22.5. The Labute approximate surface area is 200 Å². The van der Waals surface area contributed by atoms with Gasteiger partial charge in [0.05, 0.1) is 0 Å². The minimum absolute atomic E-state index is 0.274. The largest absolute Gasteiger partial charge is 0.456 e. The standard InChI is InChI=1S/C30H30O4/c1-28(2)24-18-19-29(28,25(20-24)34-27(32)26(31)21-12-6-3-7-13-21)30(33,22-14-8-4-9-15-22)23-16-10-5-11-17-23/h3-17,24-25,33H,18-20H2,1-2H3/t24-,25-,29-/m0/s1. The van der Waals surface area contributed by atoms with Crippen LogP contribution in [-0.4, -0.2) is 23.0 Å². The summed E-state index contributed by atoms with van der Waals surface area (Å²) in [6.45, 7) is 4.35. The van der Waals surface area contributed by atoms with Gasteiger partial charge in [-0.15, -0.1) is 0 Å². The molecule has 34 heavy (non-hydrogen) atoms. The lowest BCUT2D eigenvalue weighted by Gasteiger charge is -2.53. The van der Waals surface area contributed by atoms with E-state index in [1.165, 1.54) is 0 Å². The maximum Gasteiger partial charge on any atom is 0.379 e. The number of fused-ring (bicyclic) bond motifs is 2. The van der Waals surface area contributed by atoms with Gasteiger partial charge in [-0.25, -0.2) is 4.79 Å². The van der Waals surface area contributed by atoms with Crippen molar-refractivity contribution in [2.75, 3.05) is 0 Å². The number of hydrogen-bond acceptors (Lipinski definition) is 4. The molecule has 0 saturated heterocycles. The Kier molecular flexibility index (Phi) is 5.44. The lowest BCUT2D eigenvalue weighted by molar-refractivity contribution is -0.180. The Hall–Kier alpha value is -3.24. The van der Waals surface area contributed by atoms with E-state index in [2.05, 4.69) is 13.8 Å². The molecule has 0 heterocycles. The zero-order valence-corrected chi connectivity index (χ0v) is 19.6. The molecule has 4 heteroatoms. The van der Waals surface area contributed by atoms with E-state index in [0.29, 0.717) is 18.4 Å². The van der Waals surface area contributed by atoms with Gasteiger partial charge in [0.25, 0.3) is 5.78 Å². The second-order valence-electron chi connectivity index (χ2n) is 10.2. The van der Waals surface area contributed by atoms with Crippen LogP contribution in [0.4, 0.5) is 0 Å². The molecule has 2 aliphatic rings. The average molecular weight is 455 g/mol. The van der Waals surface area contributed by atoms with Gasteiger partial charge < -0.3 is 9.84 Å². The number of hydrogen-bond donors (Lipinski definition) is 1. The van der Waals surface area contributed by atoms with Crippen LogP contribution in [0.5, 0.6) is 0 Å². The predicted octanol–water partition coefficient (Wildman–Crippen LogP) is 5.54. The van der Waals surface area contributed by atoms with Crippen molar-refractivity contribution >= 4 is 11.8 Å². The second kappa shape index (κ2) is 8.21. The van der Waals surface area contributed by atoms with E-state index in [1.807, 2.05) is 60.7 Å². The smallest absolute Gasteiger partial charge is 0.379 e. The van der Waals surface area contributed by atoms with Gasteiger partial charge in [-0.1, -0.05) is 105 Å². The predicted molar refractivity (Wildman–Crippen MR) is 130 cm³/mol. The van der Waals surface area contributed by atoms with Crippen molar-refractivity contribution in [2.24, 2.45) is 16.7 Å². The average Bonchev–Trinajstić information content (AvgIpc) is 3.26. The summed E-state index contributed by atoms with van der Waals surface area (Å²) in [5, 5.41) is 12.8. The van der Waals surface area contributed by atoms with Gasteiger partial charge >= 0.3 is 5.97 Å². The number of ketones is 1. The van der Waals surface area contributed by atoms with Crippen molar-refractivity contribution in [3.63, 3.8) is 0 Å². The number of esters is 1. The highest BCUT2D eigenvalue weighted by molar-refractivity contribution is 6.40. The Bertz CT molecular complexity index is 1150. The molecule has 2 aliphatic carbocycles. The molecule has 3 atom stereocenters. The molecule has 2 saturated carbocycles. The molecular weight excluding hydrogens is 424 g/mol. The first-order valence-corrected chi connectivity index (χ1v) is 12.0. The van der Waals surface area contributed by atoms with Crippen molar-refractivity contribution in [3.05, 3.63) is 108 Å². The fraction of sp³-hybridized carbons (Fsp3) is 0.333. The van der Waals surface area contributed by atoms with Crippen molar-refractivity contribution in [2.45, 2.75) is 44.8 Å². The third-order valence-electron chi connectivity index (χ3n) is 8.61. The number of carbonyl (C=O) groups excluding carboxylic acids is 2. The van der Waals surface area contributed by atoms with Gasteiger partial charge in [-0.05, 0) is 41.7 Å². The van der Waals surface area contributed by atoms with E-state index in [9.17, 15) is 14.7 Å². The molecule has 0 radical (unpaired) electrons. The SMILES string of the molecule is CC1(C)[C@H]2CC[C@]1(C(O)(c1ccccc1)c1ccccc1)[C@@H](OC(=O)C(=O)c1ccccc1)C2. The van der Waals surface area contributed by atoms with E-state index < -0.39 is 28.9 Å². The zero-order chi connectivity index (χ0) is 24.0. The summed E-state index contributed by atoms with van der Waals surface area (Å²) in [6.07, 6.45) is 1.67. The monoisotopic (exact) mass is 454 g/mol. The first-order valence-electron chi connectivity index (χ1n) is 12.0. The van der Waals surface area contributed by atoms with Crippen LogP contribution in [-0.2, 0) is 15.1 Å². The van der Waals surface area contributed by atoms with Crippen LogP contribution in [0.25, 0.3) is 0 Å². The third-order valence-corrected chi connectivity index (χ3v) is 8.61. The number of ether oxygens (including phenoxy) is 1. The molecule has 174 valence electrons. The van der Waals surface area contributed by atoms with Crippen LogP contribution < -0.4 is 0 Å². The number of benzene rings is 3. The Morgan fingerprint density at radius 2 is 1.35 bits per heavy atom. The fourth-order valence-electron chi connectivity index (χ4n) is 6.86. The normalized spacial score (nSPS) is 25.1.